The van der Waals surface area contributed by atoms with Crippen LogP contribution in [-0.4, -0.2) is 73.4 Å². The Kier molecular flexibility index (Phi) is 61.8. The molecule has 0 saturated carbocycles. The van der Waals surface area contributed by atoms with Gasteiger partial charge in [-0.15, -0.1) is 0 Å². The van der Waals surface area contributed by atoms with E-state index in [9.17, 15) is 19.4 Å². The van der Waals surface area contributed by atoms with E-state index in [4.69, 9.17) is 9.05 Å². The number of aliphatic hydroxyl groups excluding tert-OH is 1. The molecule has 0 fully saturated rings. The lowest BCUT2D eigenvalue weighted by Gasteiger charge is -2.25. The lowest BCUT2D eigenvalue weighted by molar-refractivity contribution is -0.870. The van der Waals surface area contributed by atoms with Crippen LogP contribution in [0.4, 0.5) is 0 Å². The number of nitrogens with zero attached hydrogens (tertiary/aromatic N) is 1. The highest BCUT2D eigenvalue weighted by Crippen LogP contribution is 2.43. The molecule has 0 saturated heterocycles. The van der Waals surface area contributed by atoms with Gasteiger partial charge >= 0.3 is 7.82 Å². The molecule has 478 valence electrons. The van der Waals surface area contributed by atoms with Crippen molar-refractivity contribution in [1.29, 1.82) is 0 Å². The van der Waals surface area contributed by atoms with Crippen molar-refractivity contribution in [2.45, 2.75) is 366 Å². The highest BCUT2D eigenvalue weighted by atomic mass is 31.2. The Morgan fingerprint density at radius 3 is 1.02 bits per heavy atom. The van der Waals surface area contributed by atoms with Gasteiger partial charge in [0.15, 0.2) is 0 Å². The number of rotatable bonds is 66. The molecular formula is C72H140N2O6P+. The molecule has 0 aromatic carbocycles. The van der Waals surface area contributed by atoms with E-state index in [0.717, 1.165) is 51.4 Å². The Hall–Kier alpha value is -1.54. The predicted molar refractivity (Wildman–Crippen MR) is 355 cm³/mol. The maximum atomic E-state index is 13.1. The topological polar surface area (TPSA) is 105 Å². The van der Waals surface area contributed by atoms with Crippen LogP contribution in [0.5, 0.6) is 0 Å². The van der Waals surface area contributed by atoms with Crippen molar-refractivity contribution in [3.05, 3.63) is 48.6 Å². The van der Waals surface area contributed by atoms with Gasteiger partial charge in [0.25, 0.3) is 0 Å². The summed E-state index contributed by atoms with van der Waals surface area (Å²) in [4.78, 5) is 23.4. The molecule has 0 aliphatic rings. The molecule has 9 heteroatoms. The zero-order chi connectivity index (χ0) is 59.1. The van der Waals surface area contributed by atoms with E-state index in [0.29, 0.717) is 17.4 Å². The Morgan fingerprint density at radius 1 is 0.420 bits per heavy atom. The van der Waals surface area contributed by atoms with Gasteiger partial charge in [0, 0.05) is 6.42 Å². The molecule has 0 bridgehead atoms. The molecule has 81 heavy (non-hydrogen) atoms. The van der Waals surface area contributed by atoms with Crippen LogP contribution in [-0.2, 0) is 18.4 Å². The van der Waals surface area contributed by atoms with E-state index in [1.54, 1.807) is 6.08 Å². The highest BCUT2D eigenvalue weighted by Gasteiger charge is 2.28. The van der Waals surface area contributed by atoms with Gasteiger partial charge in [0.1, 0.15) is 13.2 Å². The SMILES string of the molecule is CCCCCCC/C=C\C/C=C\C/C=C\CCCCCCCCCCCCCCCCCCCCC(=O)NC(COP(=O)(O)OCC[N+](C)(C)C)C(O)/C=C/CCCCCCCCCCCCCCCCCCCCCCCCCC. The summed E-state index contributed by atoms with van der Waals surface area (Å²) in [5.74, 6) is -0.171. The minimum Gasteiger partial charge on any atom is -0.387 e. The Bertz CT molecular complexity index is 1460. The monoisotopic (exact) mass is 1160 g/mol. The van der Waals surface area contributed by atoms with E-state index >= 15 is 0 Å². The van der Waals surface area contributed by atoms with Gasteiger partial charge in [-0.25, -0.2) is 4.57 Å². The number of nitrogens with one attached hydrogen (secondary N) is 1. The first-order valence-electron chi connectivity index (χ1n) is 35.5. The number of hydrogen-bond donors (Lipinski definition) is 3. The average Bonchev–Trinajstić information content (AvgIpc) is 3.43. The Balaban J connectivity index is 4.04. The lowest BCUT2D eigenvalue weighted by atomic mass is 10.0. The van der Waals surface area contributed by atoms with Crippen LogP contribution in [0.25, 0.3) is 0 Å². The summed E-state index contributed by atoms with van der Waals surface area (Å²) in [7, 11) is 1.59. The molecule has 3 N–H and O–H groups in total. The van der Waals surface area contributed by atoms with Crippen LogP contribution in [0, 0.1) is 0 Å². The Morgan fingerprint density at radius 2 is 0.704 bits per heavy atom. The van der Waals surface area contributed by atoms with E-state index in [1.165, 1.54) is 283 Å². The van der Waals surface area contributed by atoms with Crippen molar-refractivity contribution in [2.75, 3.05) is 40.9 Å². The summed E-state index contributed by atoms with van der Waals surface area (Å²) in [6.45, 7) is 4.86. The number of amides is 1. The lowest BCUT2D eigenvalue weighted by Crippen LogP contribution is -2.45. The number of allylic oxidation sites excluding steroid dienone is 7. The number of quaternary nitrogens is 1. The molecule has 0 heterocycles. The predicted octanol–water partition coefficient (Wildman–Crippen LogP) is 22.6. The number of unbranched alkanes of at least 4 members (excludes halogenated alkanes) is 47. The van der Waals surface area contributed by atoms with Crippen LogP contribution in [0.2, 0.25) is 0 Å². The number of carbonyl (C=O) groups excluding carboxylic acids is 1. The molecule has 0 rings (SSSR count). The summed E-state index contributed by atoms with van der Waals surface area (Å²) < 4.78 is 23.8. The molecule has 3 atom stereocenters. The van der Waals surface area contributed by atoms with E-state index < -0.39 is 20.0 Å². The van der Waals surface area contributed by atoms with Gasteiger partial charge in [-0.05, 0) is 57.8 Å². The van der Waals surface area contributed by atoms with Crippen molar-refractivity contribution >= 4 is 13.7 Å². The van der Waals surface area contributed by atoms with Gasteiger partial charge in [0.05, 0.1) is 39.9 Å². The number of phosphoric acid groups is 1. The maximum absolute atomic E-state index is 13.1. The van der Waals surface area contributed by atoms with Gasteiger partial charge in [-0.1, -0.05) is 339 Å². The smallest absolute Gasteiger partial charge is 0.387 e. The third-order valence-electron chi connectivity index (χ3n) is 16.3. The van der Waals surface area contributed by atoms with Crippen LogP contribution in [0.3, 0.4) is 0 Å². The summed E-state index contributed by atoms with van der Waals surface area (Å²) in [5, 5.41) is 14.0. The third kappa shape index (κ3) is 65.9. The van der Waals surface area contributed by atoms with Crippen LogP contribution in [0.1, 0.15) is 354 Å². The zero-order valence-electron chi connectivity index (χ0n) is 54.8. The van der Waals surface area contributed by atoms with Crippen molar-refractivity contribution in [3.63, 3.8) is 0 Å². The van der Waals surface area contributed by atoms with Gasteiger partial charge < -0.3 is 19.8 Å². The summed E-state index contributed by atoms with van der Waals surface area (Å²) in [5.41, 5.74) is 0. The van der Waals surface area contributed by atoms with Gasteiger partial charge in [-0.3, -0.25) is 13.8 Å². The number of likely N-dealkylation sites (N-methyl/N-ethyl adjacent to an activating group) is 1. The van der Waals surface area contributed by atoms with Crippen molar-refractivity contribution < 1.29 is 32.9 Å². The van der Waals surface area contributed by atoms with E-state index in [1.807, 2.05) is 27.2 Å². The fraction of sp³-hybridized carbons (Fsp3) is 0.875. The summed E-state index contributed by atoms with van der Waals surface area (Å²) in [6, 6.07) is -0.848. The van der Waals surface area contributed by atoms with E-state index in [-0.39, 0.29) is 19.1 Å². The molecule has 0 aromatic heterocycles. The minimum absolute atomic E-state index is 0.0627. The van der Waals surface area contributed by atoms with E-state index in [2.05, 4.69) is 55.6 Å². The first-order chi connectivity index (χ1) is 39.5. The van der Waals surface area contributed by atoms with Gasteiger partial charge in [0.2, 0.25) is 5.91 Å². The second-order valence-corrected chi connectivity index (χ2v) is 27.1. The first kappa shape index (κ1) is 79.5. The molecule has 8 nitrogen and oxygen atoms in total. The Labute approximate surface area is 505 Å². The van der Waals surface area contributed by atoms with Crippen molar-refractivity contribution in [3.8, 4) is 0 Å². The number of hydrogen-bond acceptors (Lipinski definition) is 5. The van der Waals surface area contributed by atoms with Crippen LogP contribution >= 0.6 is 7.82 Å². The molecule has 0 aromatic rings. The fourth-order valence-electron chi connectivity index (χ4n) is 10.8. The molecule has 1 amide bonds. The quantitative estimate of drug-likeness (QED) is 0.0243. The molecule has 0 aliphatic carbocycles. The standard InChI is InChI=1S/C72H139N2O6P/c1-6-8-10-12-14-16-18-20-22-24-26-28-30-32-34-35-36-37-38-39-40-42-44-46-48-50-52-54-56-58-60-62-64-66-72(76)73-70(69-80-81(77,78)79-68-67-74(3,4)5)71(75)65-63-61-59-57-55-53-51-49-47-45-43-41-33-31-29-27-25-23-21-19-17-15-13-11-9-7-2/h18,20,24,26,30,32,63,65,70-71,75H,6-17,19,21-23,25,27-29,31,33-62,64,66-69H2,1-5H3,(H-,73,76,77,78)/p+1/b20-18-,26-24-,32-30-,65-63+. The maximum Gasteiger partial charge on any atom is 0.472 e. The van der Waals surface area contributed by atoms with Crippen molar-refractivity contribution in [2.24, 2.45) is 0 Å². The summed E-state index contributed by atoms with van der Waals surface area (Å²) in [6.07, 6.45) is 85.4. The average molecular weight is 1160 g/mol. The molecule has 0 spiro atoms. The zero-order valence-corrected chi connectivity index (χ0v) is 55.7. The molecule has 0 radical (unpaired) electrons. The van der Waals surface area contributed by atoms with Crippen LogP contribution in [0.15, 0.2) is 48.6 Å². The van der Waals surface area contributed by atoms with Crippen LogP contribution < -0.4 is 5.32 Å². The first-order valence-corrected chi connectivity index (χ1v) is 37.0. The fourth-order valence-corrected chi connectivity index (χ4v) is 11.5. The minimum atomic E-state index is -4.35. The molecule has 0 aliphatic heterocycles. The largest absolute Gasteiger partial charge is 0.472 e. The number of phosphoric ester groups is 1. The molecular weight excluding hydrogens is 1020 g/mol. The van der Waals surface area contributed by atoms with Crippen molar-refractivity contribution in [1.82, 2.24) is 5.32 Å². The van der Waals surface area contributed by atoms with Gasteiger partial charge in [-0.2, -0.15) is 0 Å². The normalized spacial score (nSPS) is 13.9. The molecule has 3 unspecified atom stereocenters. The third-order valence-corrected chi connectivity index (χ3v) is 17.3. The summed E-state index contributed by atoms with van der Waals surface area (Å²) >= 11 is 0. The second kappa shape index (κ2) is 63.0. The highest BCUT2D eigenvalue weighted by molar-refractivity contribution is 7.47. The second-order valence-electron chi connectivity index (χ2n) is 25.6. The number of carbonyl (C=O) groups is 1. The number of aliphatic hydroxyl groups is 1.